The highest BCUT2D eigenvalue weighted by atomic mass is 32.2. The molecule has 1 saturated heterocycles. The lowest BCUT2D eigenvalue weighted by Crippen LogP contribution is -2.65. The van der Waals surface area contributed by atoms with Crippen molar-refractivity contribution in [3.63, 3.8) is 0 Å². The number of pyridine rings is 1. The molecular formula is C40H52F3N5O9S. The second-order valence-electron chi connectivity index (χ2n) is 17.0. The van der Waals surface area contributed by atoms with Gasteiger partial charge in [0.2, 0.25) is 27.7 Å². The summed E-state index contributed by atoms with van der Waals surface area (Å²) in [6.45, 7) is 6.93. The lowest BCUT2D eigenvalue weighted by Gasteiger charge is -2.45. The van der Waals surface area contributed by atoms with E-state index in [0.717, 1.165) is 18.7 Å². The van der Waals surface area contributed by atoms with Crippen LogP contribution < -0.4 is 19.5 Å². The van der Waals surface area contributed by atoms with Gasteiger partial charge in [-0.25, -0.2) is 31.4 Å². The normalized spacial score (nSPS) is 28.8. The number of aromatic nitrogens is 1. The first-order chi connectivity index (χ1) is 27.2. The van der Waals surface area contributed by atoms with Crippen molar-refractivity contribution < 1.29 is 55.3 Å². The maximum Gasteiger partial charge on any atom is 0.408 e. The number of nitrogens with one attached hydrogen (secondary N) is 2. The number of ether oxygens (including phenoxy) is 2. The summed E-state index contributed by atoms with van der Waals surface area (Å²) < 4.78 is 83.3. The third kappa shape index (κ3) is 8.04. The van der Waals surface area contributed by atoms with Gasteiger partial charge >= 0.3 is 6.09 Å². The Bertz CT molecular complexity index is 2100. The molecule has 2 aliphatic carbocycles. The van der Waals surface area contributed by atoms with Gasteiger partial charge in [-0.2, -0.15) is 0 Å². The number of alkyl halides is 2. The van der Waals surface area contributed by atoms with Crippen molar-refractivity contribution in [3.8, 4) is 11.6 Å². The van der Waals surface area contributed by atoms with Gasteiger partial charge in [0.25, 0.3) is 12.3 Å². The molecule has 58 heavy (non-hydrogen) atoms. The molecule has 1 aromatic heterocycles. The first kappa shape index (κ1) is 43.0. The smallest absolute Gasteiger partial charge is 0.408 e. The van der Waals surface area contributed by atoms with Crippen molar-refractivity contribution in [2.75, 3.05) is 13.7 Å². The van der Waals surface area contributed by atoms with Crippen LogP contribution in [0.3, 0.4) is 0 Å². The van der Waals surface area contributed by atoms with Crippen LogP contribution in [0.1, 0.15) is 86.0 Å². The van der Waals surface area contributed by atoms with Crippen LogP contribution in [0.5, 0.6) is 11.6 Å². The van der Waals surface area contributed by atoms with Crippen molar-refractivity contribution in [3.05, 3.63) is 42.4 Å². The van der Waals surface area contributed by atoms with Crippen LogP contribution in [0, 0.1) is 23.6 Å². The second kappa shape index (κ2) is 15.9. The zero-order chi connectivity index (χ0) is 42.5. The highest BCUT2D eigenvalue weighted by molar-refractivity contribution is 7.91. The van der Waals surface area contributed by atoms with Gasteiger partial charge in [-0.05, 0) is 94.7 Å². The lowest BCUT2D eigenvalue weighted by molar-refractivity contribution is -0.149. The number of sulfonamides is 1. The van der Waals surface area contributed by atoms with E-state index in [-0.39, 0.29) is 55.2 Å². The van der Waals surface area contributed by atoms with Crippen molar-refractivity contribution in [1.29, 1.82) is 0 Å². The van der Waals surface area contributed by atoms with E-state index in [0.29, 0.717) is 36.0 Å². The summed E-state index contributed by atoms with van der Waals surface area (Å²) in [5.74, 6) is -4.91. The molecule has 3 fully saturated rings. The molecule has 14 nitrogen and oxygen atoms in total. The van der Waals surface area contributed by atoms with E-state index in [1.165, 1.54) is 32.4 Å². The first-order valence-electron chi connectivity index (χ1n) is 19.6. The Kier molecular flexibility index (Phi) is 11.8. The predicted octanol–water partition coefficient (Wildman–Crippen LogP) is 5.40. The third-order valence-electron chi connectivity index (χ3n) is 12.5. The molecule has 0 radical (unpaired) electrons. The molecule has 4 aliphatic rings. The summed E-state index contributed by atoms with van der Waals surface area (Å²) >= 11 is 0. The Morgan fingerprint density at radius 3 is 2.53 bits per heavy atom. The van der Waals surface area contributed by atoms with Crippen molar-refractivity contribution in [2.24, 2.45) is 17.8 Å². The van der Waals surface area contributed by atoms with E-state index in [4.69, 9.17) is 9.47 Å². The van der Waals surface area contributed by atoms with E-state index in [1.807, 2.05) is 13.0 Å². The Hall–Kier alpha value is -4.61. The van der Waals surface area contributed by atoms with Gasteiger partial charge in [-0.3, -0.25) is 24.0 Å². The lowest BCUT2D eigenvalue weighted by atomic mass is 9.82. The SMILES string of the molecule is CC[C@@H]1C[C@H](C)CCC=C[C@@H]2C[C@@]2(C(=O)NS(=O)(=O)C2(C)CC2)NC(=O)[C@@H]2C[C@@H](Oc3nccc4cc(OC)c(F)cc34)CN2C(=O)[C@H]1N(C(=O)O)C(C)(C)C(F)F. The van der Waals surface area contributed by atoms with Gasteiger partial charge in [0.05, 0.1) is 18.4 Å². The fourth-order valence-corrected chi connectivity index (χ4v) is 9.62. The molecular weight excluding hydrogens is 784 g/mol. The fourth-order valence-electron chi connectivity index (χ4n) is 8.31. The van der Waals surface area contributed by atoms with Gasteiger partial charge in [0.1, 0.15) is 29.3 Å². The minimum atomic E-state index is -4.11. The molecule has 0 unspecified atom stereocenters. The molecule has 1 aromatic carbocycles. The highest BCUT2D eigenvalue weighted by Gasteiger charge is 2.63. The highest BCUT2D eigenvalue weighted by Crippen LogP contribution is 2.48. The van der Waals surface area contributed by atoms with Crippen LogP contribution in [-0.4, -0.2) is 106 Å². The van der Waals surface area contributed by atoms with Crippen molar-refractivity contribution >= 4 is 44.6 Å². The van der Waals surface area contributed by atoms with Crippen LogP contribution in [-0.2, 0) is 24.4 Å². The number of hydrogen-bond acceptors (Lipinski definition) is 9. The summed E-state index contributed by atoms with van der Waals surface area (Å²) in [6.07, 6.45) is 1.21. The molecule has 2 aromatic rings. The molecule has 3 heterocycles. The average molecular weight is 836 g/mol. The minimum Gasteiger partial charge on any atom is -0.494 e. The third-order valence-corrected chi connectivity index (χ3v) is 14.6. The molecule has 0 spiro atoms. The zero-order valence-electron chi connectivity index (χ0n) is 33.5. The number of amides is 4. The van der Waals surface area contributed by atoms with Crippen molar-refractivity contribution in [1.82, 2.24) is 24.8 Å². The number of methoxy groups -OCH3 is 1. The maximum absolute atomic E-state index is 15.1. The second-order valence-corrected chi connectivity index (χ2v) is 19.2. The zero-order valence-corrected chi connectivity index (χ0v) is 34.3. The van der Waals surface area contributed by atoms with Gasteiger partial charge in [-0.1, -0.05) is 32.4 Å². The van der Waals surface area contributed by atoms with Gasteiger partial charge < -0.3 is 24.8 Å². The van der Waals surface area contributed by atoms with Gasteiger partial charge in [0, 0.05) is 23.9 Å². The summed E-state index contributed by atoms with van der Waals surface area (Å²) in [5.41, 5.74) is -4.04. The molecule has 18 heteroatoms. The number of fused-ring (bicyclic) bond motifs is 3. The maximum atomic E-state index is 15.1. The van der Waals surface area contributed by atoms with Crippen LogP contribution in [0.25, 0.3) is 10.8 Å². The molecule has 3 N–H and O–H groups in total. The van der Waals surface area contributed by atoms with Crippen molar-refractivity contribution in [2.45, 2.75) is 126 Å². The Balaban J connectivity index is 1.43. The number of benzene rings is 1. The molecule has 2 saturated carbocycles. The summed E-state index contributed by atoms with van der Waals surface area (Å²) in [7, 11) is -2.80. The first-order valence-corrected chi connectivity index (χ1v) is 21.1. The van der Waals surface area contributed by atoms with Gasteiger partial charge in [-0.15, -0.1) is 0 Å². The van der Waals surface area contributed by atoms with E-state index in [9.17, 15) is 41.1 Å². The molecule has 7 atom stereocenters. The molecule has 4 amide bonds. The van der Waals surface area contributed by atoms with E-state index >= 15 is 4.79 Å². The Labute approximate surface area is 335 Å². The van der Waals surface area contributed by atoms with Crippen LogP contribution >= 0.6 is 0 Å². The largest absolute Gasteiger partial charge is 0.494 e. The predicted molar refractivity (Wildman–Crippen MR) is 206 cm³/mol. The molecule has 318 valence electrons. The molecule has 0 bridgehead atoms. The van der Waals surface area contributed by atoms with Crippen LogP contribution in [0.15, 0.2) is 36.5 Å². The average Bonchev–Trinajstić information content (AvgIpc) is 4.04. The summed E-state index contributed by atoms with van der Waals surface area (Å²) in [5, 5.41) is 14.1. The Morgan fingerprint density at radius 2 is 1.91 bits per heavy atom. The van der Waals surface area contributed by atoms with Gasteiger partial charge in [0.15, 0.2) is 11.6 Å². The van der Waals surface area contributed by atoms with Crippen LogP contribution in [0.4, 0.5) is 18.0 Å². The van der Waals surface area contributed by atoms with E-state index < -0.39 is 91.9 Å². The minimum absolute atomic E-state index is 0.0236. The number of allylic oxidation sites excluding steroid dienone is 1. The van der Waals surface area contributed by atoms with Crippen LogP contribution in [0.2, 0.25) is 0 Å². The summed E-state index contributed by atoms with van der Waals surface area (Å²) in [4.78, 5) is 62.6. The number of hydrogen-bond donors (Lipinski definition) is 3. The molecule has 2 aliphatic heterocycles. The topological polar surface area (TPSA) is 185 Å². The number of halogens is 3. The van der Waals surface area contributed by atoms with E-state index in [2.05, 4.69) is 15.0 Å². The number of rotatable bonds is 10. The quantitative estimate of drug-likeness (QED) is 0.262. The number of carbonyl (C=O) groups is 4. The molecule has 6 rings (SSSR count). The van der Waals surface area contributed by atoms with E-state index in [1.54, 1.807) is 19.1 Å². The Morgan fingerprint density at radius 1 is 1.21 bits per heavy atom. The standard InChI is InChI=1S/C40H52F3N5O9S/c1-7-23-16-22(2)10-8-9-11-25-20-40(25,36(51)46-58(54,55)39(5)13-14-39)45-32(49)29-18-26(57-33-27-19-28(41)30(56-6)17-24(27)12-15-44-33)21-47(29)34(50)31(23)48(37(52)53)38(3,4)35(42)43/h9,11-12,15,17,19,22-23,25-26,29,31,35H,7-8,10,13-14,16,18,20-21H2,1-6H3,(H,45,49)(H,46,51)(H,52,53)/t22-,23-,25-,26-,29+,31+,40-/m1/s1. The fraction of sp³-hybridized carbons (Fsp3) is 0.625. The number of carbonyl (C=O) groups excluding carboxylic acids is 3. The summed E-state index contributed by atoms with van der Waals surface area (Å²) in [6, 6.07) is 1.12. The number of nitrogens with zero attached hydrogens (tertiary/aromatic N) is 3. The number of carboxylic acid groups (broad SMARTS) is 1. The monoisotopic (exact) mass is 835 g/mol.